The first-order chi connectivity index (χ1) is 36.4. The van der Waals surface area contributed by atoms with Crippen molar-refractivity contribution in [2.75, 3.05) is 10.6 Å². The van der Waals surface area contributed by atoms with E-state index in [1.807, 2.05) is 62.4 Å². The Kier molecular flexibility index (Phi) is 18.7. The Morgan fingerprint density at radius 2 is 0.671 bits per heavy atom. The molecule has 0 spiro atoms. The highest BCUT2D eigenvalue weighted by atomic mass is 32.2. The summed E-state index contributed by atoms with van der Waals surface area (Å²) in [5, 5.41) is 5.92. The Bertz CT molecular complexity index is 3540. The Hall–Kier alpha value is -8.40. The van der Waals surface area contributed by atoms with Crippen LogP contribution in [-0.2, 0) is 33.3 Å². The van der Waals surface area contributed by atoms with E-state index in [2.05, 4.69) is 131 Å². The van der Waals surface area contributed by atoms with Gasteiger partial charge in [0, 0.05) is 58.6 Å². The number of rotatable bonds is 14. The zero-order valence-electron chi connectivity index (χ0n) is 42.6. The van der Waals surface area contributed by atoms with E-state index in [1.165, 1.54) is 41.0 Å². The number of carbonyl (C=O) groups is 2. The number of hydrogen-bond donors (Lipinski definition) is 2. The van der Waals surface area contributed by atoms with Gasteiger partial charge in [0.2, 0.25) is 0 Å². The summed E-state index contributed by atoms with van der Waals surface area (Å²) in [5.74, 6) is -0.478. The molecule has 0 atom stereocenters. The quantitative estimate of drug-likeness (QED) is 0.0797. The zero-order valence-corrected chi connectivity index (χ0v) is 44.2. The minimum atomic E-state index is -4.27. The van der Waals surface area contributed by atoms with Crippen LogP contribution in [0.5, 0.6) is 0 Å². The van der Waals surface area contributed by atoms with Crippen LogP contribution >= 0.6 is 0 Å². The number of hydrogen-bond acceptors (Lipinski definition) is 8. The molecule has 0 bridgehead atoms. The fourth-order valence-electron chi connectivity index (χ4n) is 7.97. The zero-order chi connectivity index (χ0) is 54.2. The largest absolute Gasteiger partial charge is 0.744 e. The van der Waals surface area contributed by atoms with Gasteiger partial charge in [0.1, 0.15) is 33.3 Å². The fourth-order valence-corrected chi connectivity index (χ4v) is 8.91. The fraction of sp³-hybridized carbons (Fsp3) is 0.129. The van der Waals surface area contributed by atoms with Crippen molar-refractivity contribution >= 4 is 43.4 Å². The molecule has 2 aromatic heterocycles. The Labute approximate surface area is 445 Å². The van der Waals surface area contributed by atoms with Gasteiger partial charge in [-0.2, -0.15) is 0 Å². The van der Waals surface area contributed by atoms with E-state index in [4.69, 9.17) is 0 Å². The highest BCUT2D eigenvalue weighted by Gasteiger charge is 2.12. The van der Waals surface area contributed by atoms with Crippen LogP contribution < -0.4 is 19.8 Å². The molecule has 7 aromatic carbocycles. The summed E-state index contributed by atoms with van der Waals surface area (Å²) in [7, 11) is -8.54. The third kappa shape index (κ3) is 15.8. The highest BCUT2D eigenvalue weighted by molar-refractivity contribution is 7.86. The van der Waals surface area contributed by atoms with Crippen LogP contribution in [0.2, 0.25) is 0 Å². The molecular weight excluding hydrogens is 993 g/mol. The second-order valence-corrected chi connectivity index (χ2v) is 20.7. The Morgan fingerprint density at radius 3 is 0.947 bits per heavy atom. The number of carbonyl (C=O) groups excluding carboxylic acids is 2. The van der Waals surface area contributed by atoms with Gasteiger partial charge in [-0.15, -0.1) is 0 Å². The molecule has 2 amide bonds. The number of aryl methyl sites for hydroxylation is 4. The van der Waals surface area contributed by atoms with Gasteiger partial charge in [-0.05, 0) is 132 Å². The second kappa shape index (κ2) is 25.7. The van der Waals surface area contributed by atoms with Gasteiger partial charge in [-0.3, -0.25) is 9.59 Å². The van der Waals surface area contributed by atoms with Crippen LogP contribution in [0.1, 0.15) is 58.5 Å². The third-order valence-corrected chi connectivity index (χ3v) is 13.8. The molecular formula is C62H58N4O8S2. The average molecular weight is 1050 g/mol. The topological polar surface area (TPSA) is 180 Å². The van der Waals surface area contributed by atoms with Crippen LogP contribution in [0.3, 0.4) is 0 Å². The van der Waals surface area contributed by atoms with Crippen molar-refractivity contribution in [2.24, 2.45) is 0 Å². The van der Waals surface area contributed by atoms with Gasteiger partial charge in [0.15, 0.2) is 24.8 Å². The molecule has 0 aliphatic carbocycles. The monoisotopic (exact) mass is 1050 g/mol. The van der Waals surface area contributed by atoms with Crippen molar-refractivity contribution < 1.29 is 44.7 Å². The number of amides is 2. The second-order valence-electron chi connectivity index (χ2n) is 18.0. The van der Waals surface area contributed by atoms with Crippen molar-refractivity contribution in [3.63, 3.8) is 0 Å². The lowest BCUT2D eigenvalue weighted by atomic mass is 9.98. The van der Waals surface area contributed by atoms with Crippen LogP contribution in [0.15, 0.2) is 229 Å². The first-order valence-corrected chi connectivity index (χ1v) is 27.5. The van der Waals surface area contributed by atoms with Crippen LogP contribution in [-0.4, -0.2) is 37.8 Å². The number of anilines is 2. The standard InChI is InChI=1S/C48H42N4O2.2C7H8O3S/c1-3-29-51-31-5-7-43(33-51)39-15-13-36(14-16-39)35-9-11-37(12-10-35)38-21-25-45(26-22-38)49-47(53)41-17-19-42(20-18-41)48(54)50-46-27-23-40(24-28-46)44-8-6-32-52(34-44)30-4-2;2*1-6-2-4-7(5-3-6)11(8,9)10/h5-28,31-34H,3-4,29-30H2,1-2H3;2*2-5H,1H3,(H,8,9,10). The number of pyridine rings is 2. The van der Waals surface area contributed by atoms with Crippen LogP contribution in [0.4, 0.5) is 11.4 Å². The number of aromatic nitrogens is 2. The molecule has 0 fully saturated rings. The van der Waals surface area contributed by atoms with Gasteiger partial charge in [-0.1, -0.05) is 122 Å². The van der Waals surface area contributed by atoms with Gasteiger partial charge < -0.3 is 19.7 Å². The normalized spacial score (nSPS) is 11.0. The lowest BCUT2D eigenvalue weighted by Gasteiger charge is -2.09. The summed E-state index contributed by atoms with van der Waals surface area (Å²) < 4.78 is 66.7. The van der Waals surface area contributed by atoms with Gasteiger partial charge in [0.25, 0.3) is 11.8 Å². The van der Waals surface area contributed by atoms with Crippen LogP contribution in [0, 0.1) is 13.8 Å². The first kappa shape index (κ1) is 55.4. The van der Waals surface area contributed by atoms with Gasteiger partial charge in [0.05, 0.1) is 9.79 Å². The van der Waals surface area contributed by atoms with Crippen molar-refractivity contribution in [3.8, 4) is 44.5 Å². The molecule has 386 valence electrons. The summed E-state index contributed by atoms with van der Waals surface area (Å²) in [6, 6.07) is 59.5. The minimum Gasteiger partial charge on any atom is -0.744 e. The molecule has 0 aliphatic heterocycles. The maximum absolute atomic E-state index is 13.0. The summed E-state index contributed by atoms with van der Waals surface area (Å²) in [4.78, 5) is 25.7. The molecule has 2 heterocycles. The minimum absolute atomic E-state index is 0.178. The molecule has 76 heavy (non-hydrogen) atoms. The predicted octanol–water partition coefficient (Wildman–Crippen LogP) is 12.1. The Balaban J connectivity index is 0.000000314. The van der Waals surface area contributed by atoms with Crippen LogP contribution in [0.25, 0.3) is 44.5 Å². The lowest BCUT2D eigenvalue weighted by molar-refractivity contribution is -0.696. The summed E-state index contributed by atoms with van der Waals surface area (Å²) in [6.45, 7) is 9.98. The molecule has 14 heteroatoms. The maximum Gasteiger partial charge on any atom is 0.255 e. The van der Waals surface area contributed by atoms with E-state index in [-0.39, 0.29) is 21.6 Å². The Morgan fingerprint density at radius 1 is 0.395 bits per heavy atom. The van der Waals surface area contributed by atoms with E-state index in [1.54, 1.807) is 48.5 Å². The number of benzene rings is 7. The lowest BCUT2D eigenvalue weighted by Crippen LogP contribution is -2.32. The molecule has 9 aromatic rings. The number of nitrogens with one attached hydrogen (secondary N) is 2. The SMILES string of the molecule is CCC[n+]1cccc(-c2ccc(NC(=O)c3ccc(C(=O)Nc4ccc(-c5ccc(-c6ccc(-c7ccc[n+](CCC)c7)cc6)cc5)cc4)cc3)cc2)c1.Cc1ccc(S(=O)(=O)[O-])cc1.Cc1ccc(S(=O)(=O)[O-])cc1. The summed E-state index contributed by atoms with van der Waals surface area (Å²) in [5.41, 5.74) is 13.3. The third-order valence-electron chi connectivity index (χ3n) is 12.1. The number of nitrogens with zero attached hydrogens (tertiary/aromatic N) is 2. The molecule has 0 aliphatic rings. The van der Waals surface area contributed by atoms with Crippen molar-refractivity contribution in [2.45, 2.75) is 63.4 Å². The predicted molar refractivity (Wildman–Crippen MR) is 296 cm³/mol. The summed E-state index contributed by atoms with van der Waals surface area (Å²) >= 11 is 0. The molecule has 0 saturated carbocycles. The van der Waals surface area contributed by atoms with Crippen molar-refractivity contribution in [3.05, 3.63) is 241 Å². The van der Waals surface area contributed by atoms with E-state index in [0.717, 1.165) is 64.9 Å². The average Bonchev–Trinajstić information content (AvgIpc) is 3.42. The van der Waals surface area contributed by atoms with Crippen molar-refractivity contribution in [1.29, 1.82) is 0 Å². The van der Waals surface area contributed by atoms with E-state index < -0.39 is 20.2 Å². The smallest absolute Gasteiger partial charge is 0.255 e. The van der Waals surface area contributed by atoms with E-state index in [0.29, 0.717) is 22.5 Å². The maximum atomic E-state index is 13.0. The first-order valence-electron chi connectivity index (χ1n) is 24.6. The molecule has 0 unspecified atom stereocenters. The van der Waals surface area contributed by atoms with E-state index >= 15 is 0 Å². The van der Waals surface area contributed by atoms with Gasteiger partial charge >= 0.3 is 0 Å². The van der Waals surface area contributed by atoms with E-state index in [9.17, 15) is 35.5 Å². The van der Waals surface area contributed by atoms with Gasteiger partial charge in [-0.25, -0.2) is 26.0 Å². The highest BCUT2D eigenvalue weighted by Crippen LogP contribution is 2.28. The molecule has 9 rings (SSSR count). The molecule has 2 N–H and O–H groups in total. The molecule has 0 saturated heterocycles. The molecule has 0 radical (unpaired) electrons. The van der Waals surface area contributed by atoms with Crippen molar-refractivity contribution in [1.82, 2.24) is 0 Å². The summed E-state index contributed by atoms with van der Waals surface area (Å²) in [6.07, 6.45) is 10.7. The molecule has 12 nitrogen and oxygen atoms in total.